The molecule has 4 saturated heterocycles. The number of nitrogens with one attached hydrogen (secondary N) is 1. The van der Waals surface area contributed by atoms with Gasteiger partial charge in [0.1, 0.15) is 41.6 Å². The number of nitrogens with two attached hydrogens (primary N) is 1. The molecule has 302 valence electrons. The minimum atomic E-state index is -1.12. The number of nitrogen functional groups attached to an aromatic ring is 1. The van der Waals surface area contributed by atoms with E-state index in [0.717, 1.165) is 60.6 Å². The summed E-state index contributed by atoms with van der Waals surface area (Å²) in [6.07, 6.45) is 4.05. The molecular weight excluding hydrogens is 754 g/mol. The number of hydrogen-bond acceptors (Lipinski definition) is 12. The lowest BCUT2D eigenvalue weighted by molar-refractivity contribution is -0.141. The number of benzene rings is 3. The second-order valence-electron chi connectivity index (χ2n) is 16.6. The van der Waals surface area contributed by atoms with Gasteiger partial charge >= 0.3 is 0 Å². The molecule has 5 aliphatic heterocycles. The molecule has 3 aromatic carbocycles. The van der Waals surface area contributed by atoms with Crippen molar-refractivity contribution < 1.29 is 28.3 Å². The molecule has 5 aromatic rings. The summed E-state index contributed by atoms with van der Waals surface area (Å²) in [5.41, 5.74) is 11.0. The fraction of sp³-hybridized carbons (Fsp3) is 0.386. The number of aromatic nitrogens is 4. The van der Waals surface area contributed by atoms with Crippen LogP contribution in [0.5, 0.6) is 11.5 Å². The average Bonchev–Trinajstić information content (AvgIpc) is 3.81. The second kappa shape index (κ2) is 15.0. The normalized spacial score (nSPS) is 26.9. The second-order valence-corrected chi connectivity index (χ2v) is 16.6. The number of carbonyl (C=O) groups is 4. The van der Waals surface area contributed by atoms with E-state index in [4.69, 9.17) is 15.6 Å². The first kappa shape index (κ1) is 37.2. The Kier molecular flexibility index (Phi) is 9.43. The monoisotopic (exact) mass is 797 g/mol. The molecule has 0 spiro atoms. The van der Waals surface area contributed by atoms with E-state index in [9.17, 15) is 19.2 Å². The van der Waals surface area contributed by atoms with Gasteiger partial charge in [0.05, 0.1) is 17.5 Å². The number of carbonyl (C=O) groups excluding carboxylic acids is 4. The maximum atomic E-state index is 16.4. The van der Waals surface area contributed by atoms with Crippen LogP contribution in [-0.4, -0.2) is 97.4 Å². The van der Waals surface area contributed by atoms with Crippen LogP contribution in [0.4, 0.5) is 15.9 Å². The Morgan fingerprint density at radius 3 is 2.47 bits per heavy atom. The number of halogens is 1. The van der Waals surface area contributed by atoms with Gasteiger partial charge in [-0.1, -0.05) is 24.3 Å². The number of ether oxygens (including phenoxy) is 1. The van der Waals surface area contributed by atoms with E-state index in [1.807, 2.05) is 66.7 Å². The number of alkyl halides is 1. The van der Waals surface area contributed by atoms with Gasteiger partial charge < -0.3 is 15.4 Å². The third kappa shape index (κ3) is 6.71. The molecule has 3 N–H and O–H groups in total. The smallest absolute Gasteiger partial charge is 0.243 e. The summed E-state index contributed by atoms with van der Waals surface area (Å²) in [5.74, 6) is 0.550. The van der Waals surface area contributed by atoms with Crippen LogP contribution in [0.2, 0.25) is 0 Å². The molecular formula is C44H44FN9O5. The van der Waals surface area contributed by atoms with Crippen LogP contribution in [0, 0.1) is 5.92 Å². The van der Waals surface area contributed by atoms with Crippen molar-refractivity contribution in [3.63, 3.8) is 0 Å². The number of ketones is 1. The summed E-state index contributed by atoms with van der Waals surface area (Å²) in [6.45, 7) is 2.86. The zero-order valence-electron chi connectivity index (χ0n) is 32.3. The fourth-order valence-corrected chi connectivity index (χ4v) is 10.3. The van der Waals surface area contributed by atoms with E-state index in [0.29, 0.717) is 60.4 Å². The number of fused-ring (bicyclic) bond motifs is 4. The van der Waals surface area contributed by atoms with Crippen molar-refractivity contribution in [2.75, 3.05) is 30.3 Å². The van der Waals surface area contributed by atoms with Gasteiger partial charge in [-0.05, 0) is 97.7 Å². The molecule has 2 bridgehead atoms. The predicted octanol–water partition coefficient (Wildman–Crippen LogP) is 4.94. The van der Waals surface area contributed by atoms with E-state index in [2.05, 4.69) is 31.2 Å². The third-order valence-electron chi connectivity index (χ3n) is 13.0. The van der Waals surface area contributed by atoms with E-state index >= 15 is 4.39 Å². The van der Waals surface area contributed by atoms with Gasteiger partial charge in [-0.2, -0.15) is 5.10 Å². The lowest BCUT2D eigenvalue weighted by Crippen LogP contribution is -2.69. The number of hydrogen-bond donors (Lipinski definition) is 2. The van der Waals surface area contributed by atoms with Crippen LogP contribution < -0.4 is 20.7 Å². The number of rotatable bonds is 10. The van der Waals surface area contributed by atoms with E-state index in [1.54, 1.807) is 9.58 Å². The van der Waals surface area contributed by atoms with Crippen molar-refractivity contribution in [3.05, 3.63) is 90.3 Å². The minimum absolute atomic E-state index is 0.188. The van der Waals surface area contributed by atoms with Crippen molar-refractivity contribution in [1.82, 2.24) is 34.9 Å². The van der Waals surface area contributed by atoms with Gasteiger partial charge in [-0.15, -0.1) is 0 Å². The number of nitrogens with zero attached hydrogens (tertiary/aromatic N) is 7. The molecule has 14 nitrogen and oxygen atoms in total. The first-order valence-electron chi connectivity index (χ1n) is 20.4. The number of piperidine rings is 2. The maximum absolute atomic E-state index is 16.4. The molecule has 5 fully saturated rings. The lowest BCUT2D eigenvalue weighted by Gasteiger charge is -2.58. The molecule has 7 heterocycles. The van der Waals surface area contributed by atoms with Crippen LogP contribution in [-0.2, 0) is 25.7 Å². The van der Waals surface area contributed by atoms with Crippen LogP contribution in [0.25, 0.3) is 22.3 Å². The summed E-state index contributed by atoms with van der Waals surface area (Å²) >= 11 is 0. The summed E-state index contributed by atoms with van der Waals surface area (Å²) in [7, 11) is 0. The van der Waals surface area contributed by atoms with Crippen molar-refractivity contribution in [2.45, 2.75) is 81.5 Å². The molecule has 6 aliphatic rings. The lowest BCUT2D eigenvalue weighted by atomic mass is 9.82. The quantitative estimate of drug-likeness (QED) is 0.111. The third-order valence-corrected chi connectivity index (χ3v) is 13.0. The minimum Gasteiger partial charge on any atom is -0.457 e. The molecule has 0 radical (unpaired) electrons. The summed E-state index contributed by atoms with van der Waals surface area (Å²) < 4.78 is 24.1. The molecule has 7 unspecified atom stereocenters. The Labute approximate surface area is 339 Å². The predicted molar refractivity (Wildman–Crippen MR) is 216 cm³/mol. The fourth-order valence-electron chi connectivity index (χ4n) is 10.3. The number of Topliss-reactive ketones (excluding diaryl/α,β-unsaturated/α-hetero) is 1. The Hall–Kier alpha value is -6.06. The average molecular weight is 798 g/mol. The van der Waals surface area contributed by atoms with Crippen molar-refractivity contribution >= 4 is 46.4 Å². The number of aldehydes is 1. The Bertz CT molecular complexity index is 2450. The zero-order valence-corrected chi connectivity index (χ0v) is 32.3. The Morgan fingerprint density at radius 1 is 0.949 bits per heavy atom. The number of piperazine rings is 1. The largest absolute Gasteiger partial charge is 0.457 e. The standard InChI is InChI=1S/C44H44FN9O5/c45-34-16-25(6-13-35(34)54-43-39(42(46)47-24-48-43)40(50-54)26-8-11-32(12-9-26)59-31-4-2-1-3-5-31)19-51-21-29-17-30(22-51)53(29)28-10-7-27-20-52(36-14-15-38(57)49-44(36)58)41(33(27)18-28)37(56)23-55/h1-5,7-12,18,23-25,29-30,34-36,41H,6,13-17,19-22H2,(H2,46,47,48)(H,49,57,58). The number of amides is 2. The van der Waals surface area contributed by atoms with Gasteiger partial charge in [0.25, 0.3) is 0 Å². The highest BCUT2D eigenvalue weighted by Gasteiger charge is 2.48. The number of imide groups is 1. The summed E-state index contributed by atoms with van der Waals surface area (Å²) in [5, 5.41) is 7.94. The van der Waals surface area contributed by atoms with E-state index < -0.39 is 36.0 Å². The Morgan fingerprint density at radius 2 is 1.73 bits per heavy atom. The number of para-hydroxylation sites is 1. The van der Waals surface area contributed by atoms with Gasteiger partial charge in [0.15, 0.2) is 11.9 Å². The molecule has 11 rings (SSSR count). The van der Waals surface area contributed by atoms with Crippen LogP contribution in [0.3, 0.4) is 0 Å². The molecule has 59 heavy (non-hydrogen) atoms. The number of anilines is 2. The highest BCUT2D eigenvalue weighted by atomic mass is 19.1. The van der Waals surface area contributed by atoms with E-state index in [-0.39, 0.29) is 30.3 Å². The summed E-state index contributed by atoms with van der Waals surface area (Å²) in [4.78, 5) is 64.8. The first-order chi connectivity index (χ1) is 28.7. The van der Waals surface area contributed by atoms with Crippen molar-refractivity contribution in [1.29, 1.82) is 0 Å². The summed E-state index contributed by atoms with van der Waals surface area (Å²) in [6, 6.07) is 21.7. The zero-order chi connectivity index (χ0) is 40.4. The van der Waals surface area contributed by atoms with Gasteiger partial charge in [0.2, 0.25) is 17.6 Å². The van der Waals surface area contributed by atoms with Gasteiger partial charge in [0, 0.05) is 55.9 Å². The van der Waals surface area contributed by atoms with E-state index in [1.165, 1.54) is 6.33 Å². The Balaban J connectivity index is 0.796. The molecule has 15 heteroatoms. The van der Waals surface area contributed by atoms with Crippen LogP contribution in [0.1, 0.15) is 61.7 Å². The van der Waals surface area contributed by atoms with Crippen LogP contribution >= 0.6 is 0 Å². The van der Waals surface area contributed by atoms with Crippen molar-refractivity contribution in [3.8, 4) is 22.8 Å². The van der Waals surface area contributed by atoms with Gasteiger partial charge in [-0.3, -0.25) is 34.3 Å². The molecule has 1 aliphatic carbocycles. The maximum Gasteiger partial charge on any atom is 0.243 e. The topological polar surface area (TPSA) is 169 Å². The molecule has 2 amide bonds. The SMILES string of the molecule is Nc1ncnc2c1c(-c1ccc(Oc3ccccc3)cc1)nn2C1CCC(CN2CC3CC(C2)N3c2ccc3c(c2)C(C(=O)C=O)N(C2CCC(=O)NC2=O)C3)CC1F. The van der Waals surface area contributed by atoms with Gasteiger partial charge in [-0.25, -0.2) is 19.0 Å². The van der Waals surface area contributed by atoms with Crippen LogP contribution in [0.15, 0.2) is 79.1 Å². The molecule has 1 saturated carbocycles. The first-order valence-corrected chi connectivity index (χ1v) is 20.4. The molecule has 2 aromatic heterocycles. The highest BCUT2D eigenvalue weighted by molar-refractivity contribution is 6.27. The molecule has 7 atom stereocenters. The van der Waals surface area contributed by atoms with Crippen molar-refractivity contribution in [2.24, 2.45) is 5.92 Å². The highest BCUT2D eigenvalue weighted by Crippen LogP contribution is 2.44.